The zero-order chi connectivity index (χ0) is 18.5. The van der Waals surface area contributed by atoms with Crippen molar-refractivity contribution in [3.05, 3.63) is 0 Å². The highest BCUT2D eigenvalue weighted by Crippen LogP contribution is 2.32. The van der Waals surface area contributed by atoms with Gasteiger partial charge in [0.25, 0.3) is 0 Å². The first kappa shape index (κ1) is 21.4. The first-order valence-corrected chi connectivity index (χ1v) is 11.8. The van der Waals surface area contributed by atoms with Crippen molar-refractivity contribution >= 4 is 0 Å². The summed E-state index contributed by atoms with van der Waals surface area (Å²) >= 11 is 0. The van der Waals surface area contributed by atoms with Crippen LogP contribution in [0.5, 0.6) is 0 Å². The molecule has 0 unspecified atom stereocenters. The molecule has 0 aromatic heterocycles. The molecule has 2 saturated carbocycles. The van der Waals surface area contributed by atoms with Gasteiger partial charge in [0.15, 0.2) is 0 Å². The zero-order valence-corrected chi connectivity index (χ0v) is 17.6. The molecule has 26 heavy (non-hydrogen) atoms. The van der Waals surface area contributed by atoms with Crippen molar-refractivity contribution in [3.63, 3.8) is 0 Å². The van der Waals surface area contributed by atoms with Gasteiger partial charge < -0.3 is 0 Å². The molecular formula is C26H42. The first-order valence-electron chi connectivity index (χ1n) is 11.8. The van der Waals surface area contributed by atoms with Gasteiger partial charge in [-0.2, -0.15) is 0 Å². The van der Waals surface area contributed by atoms with Gasteiger partial charge in [-0.3, -0.25) is 0 Å². The molecule has 0 aromatic carbocycles. The predicted molar refractivity (Wildman–Crippen MR) is 115 cm³/mol. The second kappa shape index (κ2) is 13.3. The Kier molecular flexibility index (Phi) is 11.0. The largest absolute Gasteiger partial charge is 0.0857 e. The van der Waals surface area contributed by atoms with Crippen LogP contribution in [0.15, 0.2) is 0 Å². The van der Waals surface area contributed by atoms with Crippen LogP contribution in [0.4, 0.5) is 0 Å². The molecule has 146 valence electrons. The molecule has 2 fully saturated rings. The van der Waals surface area contributed by atoms with Gasteiger partial charge in [-0.1, -0.05) is 77.1 Å². The van der Waals surface area contributed by atoms with Gasteiger partial charge in [0.1, 0.15) is 0 Å². The van der Waals surface area contributed by atoms with Gasteiger partial charge in [-0.05, 0) is 75.0 Å². The summed E-state index contributed by atoms with van der Waals surface area (Å²) < 4.78 is 0. The standard InChI is InChI=1S/C26H42/c1-3-5-7-11-23-15-19-25(20-16-23)13-9-10-14-26-21-17-24(18-22-26)12-8-6-4-2/h23-26H,3-8,11-12,15-22H2,1-2H3. The highest BCUT2D eigenvalue weighted by atomic mass is 14.2. The lowest BCUT2D eigenvalue weighted by Crippen LogP contribution is -2.13. The third-order valence-electron chi connectivity index (χ3n) is 6.74. The molecule has 0 aromatic rings. The molecule has 0 radical (unpaired) electrons. The first-order chi connectivity index (χ1) is 12.8. The molecule has 0 saturated heterocycles. The van der Waals surface area contributed by atoms with Crippen molar-refractivity contribution in [3.8, 4) is 23.7 Å². The SMILES string of the molecule is CCCCCC1CCC(C#CC#CC2CCC(CCCCC)CC2)CC1. The maximum Gasteiger partial charge on any atom is 0.0213 e. The minimum Gasteiger partial charge on any atom is -0.0857 e. The Labute approximate surface area is 164 Å². The van der Waals surface area contributed by atoms with E-state index in [4.69, 9.17) is 0 Å². The van der Waals surface area contributed by atoms with E-state index in [1.807, 2.05) is 0 Å². The van der Waals surface area contributed by atoms with E-state index in [0.29, 0.717) is 11.8 Å². The summed E-state index contributed by atoms with van der Waals surface area (Å²) in [6.45, 7) is 4.60. The number of unbranched alkanes of at least 4 members (excludes halogenated alkanes) is 4. The second-order valence-electron chi connectivity index (χ2n) is 8.97. The number of hydrogen-bond donors (Lipinski definition) is 0. The summed E-state index contributed by atoms with van der Waals surface area (Å²) in [6.07, 6.45) is 22.2. The van der Waals surface area contributed by atoms with Crippen LogP contribution in [0.25, 0.3) is 0 Å². The van der Waals surface area contributed by atoms with E-state index in [1.165, 1.54) is 103 Å². The maximum atomic E-state index is 3.47. The minimum atomic E-state index is 0.626. The molecule has 0 heteroatoms. The highest BCUT2D eigenvalue weighted by molar-refractivity contribution is 5.28. The van der Waals surface area contributed by atoms with Crippen molar-refractivity contribution in [1.82, 2.24) is 0 Å². The third-order valence-corrected chi connectivity index (χ3v) is 6.74. The van der Waals surface area contributed by atoms with Gasteiger partial charge in [0.05, 0.1) is 0 Å². The fraction of sp³-hybridized carbons (Fsp3) is 0.846. The van der Waals surface area contributed by atoms with E-state index in [2.05, 4.69) is 37.5 Å². The average molecular weight is 355 g/mol. The zero-order valence-electron chi connectivity index (χ0n) is 17.6. The summed E-state index contributed by atoms with van der Waals surface area (Å²) in [4.78, 5) is 0. The topological polar surface area (TPSA) is 0 Å². The lowest BCUT2D eigenvalue weighted by molar-refractivity contribution is 0.294. The lowest BCUT2D eigenvalue weighted by Gasteiger charge is -2.25. The number of hydrogen-bond acceptors (Lipinski definition) is 0. The Morgan fingerprint density at radius 3 is 1.27 bits per heavy atom. The third kappa shape index (κ3) is 8.67. The predicted octanol–water partition coefficient (Wildman–Crippen LogP) is 7.77. The van der Waals surface area contributed by atoms with Crippen LogP contribution in [0, 0.1) is 47.4 Å². The van der Waals surface area contributed by atoms with Crippen LogP contribution >= 0.6 is 0 Å². The van der Waals surface area contributed by atoms with Crippen molar-refractivity contribution in [2.75, 3.05) is 0 Å². The summed E-state index contributed by atoms with van der Waals surface area (Å²) in [5.74, 6) is 16.6. The molecule has 0 N–H and O–H groups in total. The fourth-order valence-electron chi connectivity index (χ4n) is 4.83. The van der Waals surface area contributed by atoms with Gasteiger partial charge in [0, 0.05) is 11.8 Å². The normalized spacial score (nSPS) is 28.5. The summed E-state index contributed by atoms with van der Waals surface area (Å²) in [5, 5.41) is 0. The molecule has 2 aliphatic carbocycles. The maximum absolute atomic E-state index is 3.47. The summed E-state index contributed by atoms with van der Waals surface area (Å²) in [5.41, 5.74) is 0. The van der Waals surface area contributed by atoms with Crippen LogP contribution in [0.1, 0.15) is 117 Å². The molecule has 0 spiro atoms. The molecule has 0 atom stereocenters. The van der Waals surface area contributed by atoms with Crippen molar-refractivity contribution in [2.24, 2.45) is 23.7 Å². The quantitative estimate of drug-likeness (QED) is 0.308. The van der Waals surface area contributed by atoms with Gasteiger partial charge in [-0.15, -0.1) is 0 Å². The molecule has 0 amide bonds. The van der Waals surface area contributed by atoms with Gasteiger partial charge in [-0.25, -0.2) is 0 Å². The van der Waals surface area contributed by atoms with Crippen LogP contribution in [0.3, 0.4) is 0 Å². The van der Waals surface area contributed by atoms with Crippen molar-refractivity contribution < 1.29 is 0 Å². The van der Waals surface area contributed by atoms with E-state index in [0.717, 1.165) is 11.8 Å². The molecule has 0 heterocycles. The second-order valence-corrected chi connectivity index (χ2v) is 8.97. The average Bonchev–Trinajstić information content (AvgIpc) is 2.68. The lowest BCUT2D eigenvalue weighted by atomic mass is 9.80. The highest BCUT2D eigenvalue weighted by Gasteiger charge is 2.20. The van der Waals surface area contributed by atoms with Crippen LogP contribution in [-0.4, -0.2) is 0 Å². The van der Waals surface area contributed by atoms with Crippen LogP contribution < -0.4 is 0 Å². The Balaban J connectivity index is 1.59. The number of rotatable bonds is 8. The van der Waals surface area contributed by atoms with E-state index in [9.17, 15) is 0 Å². The summed E-state index contributed by atoms with van der Waals surface area (Å²) in [6, 6.07) is 0. The van der Waals surface area contributed by atoms with E-state index in [1.54, 1.807) is 0 Å². The Bertz CT molecular complexity index is 418. The smallest absolute Gasteiger partial charge is 0.0213 e. The Hall–Kier alpha value is -0.880. The Morgan fingerprint density at radius 1 is 0.538 bits per heavy atom. The molecule has 0 bridgehead atoms. The van der Waals surface area contributed by atoms with E-state index in [-0.39, 0.29) is 0 Å². The van der Waals surface area contributed by atoms with Crippen LogP contribution in [-0.2, 0) is 0 Å². The van der Waals surface area contributed by atoms with Crippen molar-refractivity contribution in [2.45, 2.75) is 117 Å². The monoisotopic (exact) mass is 354 g/mol. The summed E-state index contributed by atoms with van der Waals surface area (Å²) in [7, 11) is 0. The molecule has 2 aliphatic rings. The molecule has 2 rings (SSSR count). The van der Waals surface area contributed by atoms with Crippen molar-refractivity contribution in [1.29, 1.82) is 0 Å². The van der Waals surface area contributed by atoms with Gasteiger partial charge >= 0.3 is 0 Å². The molecule has 0 nitrogen and oxygen atoms in total. The molecule has 0 aliphatic heterocycles. The van der Waals surface area contributed by atoms with Gasteiger partial charge in [0.2, 0.25) is 0 Å². The Morgan fingerprint density at radius 2 is 0.923 bits per heavy atom. The fourth-order valence-corrected chi connectivity index (χ4v) is 4.83. The molecular weight excluding hydrogens is 312 g/mol. The van der Waals surface area contributed by atoms with E-state index < -0.39 is 0 Å². The van der Waals surface area contributed by atoms with E-state index >= 15 is 0 Å². The van der Waals surface area contributed by atoms with Crippen LogP contribution in [0.2, 0.25) is 0 Å². The minimum absolute atomic E-state index is 0.626.